The average molecular weight is 312 g/mol. The predicted molar refractivity (Wildman–Crippen MR) is 91.8 cm³/mol. The molecule has 0 bridgehead atoms. The molecule has 122 valence electrons. The predicted octanol–water partition coefficient (Wildman–Crippen LogP) is 2.96. The maximum absolute atomic E-state index is 12.3. The van der Waals surface area contributed by atoms with Gasteiger partial charge in [-0.1, -0.05) is 19.1 Å². The number of nitrogens with one attached hydrogen (secondary N) is 1. The molecular weight excluding hydrogens is 288 g/mol. The highest BCUT2D eigenvalue weighted by Gasteiger charge is 2.19. The molecule has 1 aromatic heterocycles. The van der Waals surface area contributed by atoms with Crippen molar-refractivity contribution in [2.75, 3.05) is 25.5 Å². The van der Waals surface area contributed by atoms with Crippen molar-refractivity contribution in [3.63, 3.8) is 0 Å². The van der Waals surface area contributed by atoms with Crippen molar-refractivity contribution in [1.82, 2.24) is 14.7 Å². The van der Waals surface area contributed by atoms with E-state index >= 15 is 0 Å². The van der Waals surface area contributed by atoms with Crippen LogP contribution in [0.2, 0.25) is 0 Å². The lowest BCUT2D eigenvalue weighted by Crippen LogP contribution is -2.31. The van der Waals surface area contributed by atoms with Crippen LogP contribution in [0.25, 0.3) is 0 Å². The van der Waals surface area contributed by atoms with Crippen LogP contribution in [0.4, 0.5) is 5.69 Å². The molecule has 1 fully saturated rings. The lowest BCUT2D eigenvalue weighted by Gasteiger charge is -2.28. The molecule has 0 saturated carbocycles. The van der Waals surface area contributed by atoms with Gasteiger partial charge in [-0.15, -0.1) is 0 Å². The van der Waals surface area contributed by atoms with Gasteiger partial charge in [-0.25, -0.2) is 0 Å². The Balaban J connectivity index is 1.62. The Labute approximate surface area is 137 Å². The lowest BCUT2D eigenvalue weighted by molar-refractivity contribution is 0.102. The topological polar surface area (TPSA) is 50.2 Å². The highest BCUT2D eigenvalue weighted by Crippen LogP contribution is 2.22. The van der Waals surface area contributed by atoms with E-state index in [0.29, 0.717) is 11.6 Å². The fourth-order valence-corrected chi connectivity index (χ4v) is 2.96. The summed E-state index contributed by atoms with van der Waals surface area (Å²) in [6.45, 7) is 4.29. The number of aryl methyl sites for hydroxylation is 1. The highest BCUT2D eigenvalue weighted by atomic mass is 16.1. The minimum atomic E-state index is -0.0874. The van der Waals surface area contributed by atoms with Gasteiger partial charge in [-0.3, -0.25) is 9.48 Å². The number of carbonyl (C=O) groups excluding carboxylic acids is 1. The molecule has 0 spiro atoms. The maximum Gasteiger partial charge on any atom is 0.255 e. The summed E-state index contributed by atoms with van der Waals surface area (Å²) in [4.78, 5) is 14.6. The molecule has 1 aliphatic heterocycles. The number of carbonyl (C=O) groups is 1. The fourth-order valence-electron chi connectivity index (χ4n) is 2.96. The zero-order valence-electron chi connectivity index (χ0n) is 13.8. The standard InChI is InChI=1S/C18H24N4O/c1-3-14-4-6-15(7-5-14)18(23)20-16-12-19-22(13-16)17-8-10-21(2)11-9-17/h4-7,12-13,17H,3,8-11H2,1-2H3,(H,20,23). The number of likely N-dealkylation sites (tertiary alicyclic amines) is 1. The van der Waals surface area contributed by atoms with E-state index in [9.17, 15) is 4.79 Å². The number of nitrogens with zero attached hydrogens (tertiary/aromatic N) is 3. The van der Waals surface area contributed by atoms with Crippen LogP contribution < -0.4 is 5.32 Å². The number of aromatic nitrogens is 2. The molecular formula is C18H24N4O. The molecule has 1 N–H and O–H groups in total. The third-order valence-electron chi connectivity index (χ3n) is 4.55. The van der Waals surface area contributed by atoms with E-state index in [4.69, 9.17) is 0 Å². The highest BCUT2D eigenvalue weighted by molar-refractivity contribution is 6.04. The number of hydrogen-bond acceptors (Lipinski definition) is 3. The Morgan fingerprint density at radius 2 is 1.96 bits per heavy atom. The van der Waals surface area contributed by atoms with Gasteiger partial charge in [0.25, 0.3) is 5.91 Å². The van der Waals surface area contributed by atoms with Crippen molar-refractivity contribution in [3.8, 4) is 0 Å². The first kappa shape index (κ1) is 15.7. The summed E-state index contributed by atoms with van der Waals surface area (Å²) < 4.78 is 1.99. The van der Waals surface area contributed by atoms with Crippen LogP contribution >= 0.6 is 0 Å². The molecule has 1 aliphatic rings. The molecule has 0 unspecified atom stereocenters. The second-order valence-corrected chi connectivity index (χ2v) is 6.25. The van der Waals surface area contributed by atoms with Gasteiger partial charge < -0.3 is 10.2 Å². The van der Waals surface area contributed by atoms with Crippen LogP contribution in [0.5, 0.6) is 0 Å². The quantitative estimate of drug-likeness (QED) is 0.944. The van der Waals surface area contributed by atoms with Crippen molar-refractivity contribution >= 4 is 11.6 Å². The Bertz CT molecular complexity index is 654. The van der Waals surface area contributed by atoms with E-state index < -0.39 is 0 Å². The Morgan fingerprint density at radius 3 is 2.61 bits per heavy atom. The van der Waals surface area contributed by atoms with Gasteiger partial charge in [-0.2, -0.15) is 5.10 Å². The number of amides is 1. The van der Waals surface area contributed by atoms with Crippen LogP contribution in [-0.2, 0) is 6.42 Å². The van der Waals surface area contributed by atoms with E-state index in [1.807, 2.05) is 35.1 Å². The minimum Gasteiger partial charge on any atom is -0.319 e. The Morgan fingerprint density at radius 1 is 1.26 bits per heavy atom. The molecule has 1 saturated heterocycles. The maximum atomic E-state index is 12.3. The van der Waals surface area contributed by atoms with E-state index in [1.165, 1.54) is 5.56 Å². The Hall–Kier alpha value is -2.14. The number of benzene rings is 1. The summed E-state index contributed by atoms with van der Waals surface area (Å²) in [5.41, 5.74) is 2.67. The SMILES string of the molecule is CCc1ccc(C(=O)Nc2cnn(C3CCN(C)CC3)c2)cc1. The third-order valence-corrected chi connectivity index (χ3v) is 4.55. The van der Waals surface area contributed by atoms with Crippen LogP contribution in [0.15, 0.2) is 36.7 Å². The normalized spacial score (nSPS) is 16.4. The number of rotatable bonds is 4. The zero-order chi connectivity index (χ0) is 16.2. The molecule has 23 heavy (non-hydrogen) atoms. The minimum absolute atomic E-state index is 0.0874. The summed E-state index contributed by atoms with van der Waals surface area (Å²) in [6, 6.07) is 8.17. The summed E-state index contributed by atoms with van der Waals surface area (Å²) in [5, 5.41) is 7.35. The molecule has 5 heteroatoms. The summed E-state index contributed by atoms with van der Waals surface area (Å²) in [6.07, 6.45) is 6.85. The lowest BCUT2D eigenvalue weighted by atomic mass is 10.1. The molecule has 0 radical (unpaired) electrons. The van der Waals surface area contributed by atoms with Gasteiger partial charge in [0.15, 0.2) is 0 Å². The molecule has 1 amide bonds. The van der Waals surface area contributed by atoms with Gasteiger partial charge in [0.1, 0.15) is 0 Å². The monoisotopic (exact) mass is 312 g/mol. The first-order valence-electron chi connectivity index (χ1n) is 8.28. The van der Waals surface area contributed by atoms with E-state index in [0.717, 1.165) is 38.0 Å². The van der Waals surface area contributed by atoms with Crippen LogP contribution in [0.1, 0.15) is 41.7 Å². The fraction of sp³-hybridized carbons (Fsp3) is 0.444. The molecule has 0 aliphatic carbocycles. The van der Waals surface area contributed by atoms with Gasteiger partial charge in [-0.05, 0) is 57.1 Å². The van der Waals surface area contributed by atoms with E-state index in [2.05, 4.69) is 29.3 Å². The molecule has 2 aromatic rings. The zero-order valence-corrected chi connectivity index (χ0v) is 13.8. The summed E-state index contributed by atoms with van der Waals surface area (Å²) >= 11 is 0. The van der Waals surface area contributed by atoms with E-state index in [-0.39, 0.29) is 5.91 Å². The van der Waals surface area contributed by atoms with Crippen LogP contribution in [-0.4, -0.2) is 40.7 Å². The molecule has 1 aromatic carbocycles. The molecule has 0 atom stereocenters. The molecule has 5 nitrogen and oxygen atoms in total. The number of anilines is 1. The van der Waals surface area contributed by atoms with Gasteiger partial charge in [0.2, 0.25) is 0 Å². The second-order valence-electron chi connectivity index (χ2n) is 6.25. The summed E-state index contributed by atoms with van der Waals surface area (Å²) in [7, 11) is 2.15. The molecule has 3 rings (SSSR count). The first-order valence-corrected chi connectivity index (χ1v) is 8.28. The van der Waals surface area contributed by atoms with Crippen molar-refractivity contribution < 1.29 is 4.79 Å². The molecule has 2 heterocycles. The van der Waals surface area contributed by atoms with Gasteiger partial charge in [0.05, 0.1) is 17.9 Å². The number of hydrogen-bond donors (Lipinski definition) is 1. The van der Waals surface area contributed by atoms with Gasteiger partial charge >= 0.3 is 0 Å². The summed E-state index contributed by atoms with van der Waals surface area (Å²) in [5.74, 6) is -0.0874. The van der Waals surface area contributed by atoms with Crippen molar-refractivity contribution in [2.24, 2.45) is 0 Å². The second kappa shape index (κ2) is 6.96. The van der Waals surface area contributed by atoms with Crippen LogP contribution in [0.3, 0.4) is 0 Å². The largest absolute Gasteiger partial charge is 0.319 e. The van der Waals surface area contributed by atoms with Crippen molar-refractivity contribution in [2.45, 2.75) is 32.2 Å². The number of piperidine rings is 1. The van der Waals surface area contributed by atoms with Crippen LogP contribution in [0, 0.1) is 0 Å². The van der Waals surface area contributed by atoms with E-state index in [1.54, 1.807) is 6.20 Å². The smallest absolute Gasteiger partial charge is 0.255 e. The first-order chi connectivity index (χ1) is 11.2. The van der Waals surface area contributed by atoms with Crippen molar-refractivity contribution in [3.05, 3.63) is 47.8 Å². The van der Waals surface area contributed by atoms with Gasteiger partial charge in [0, 0.05) is 11.8 Å². The van der Waals surface area contributed by atoms with Crippen molar-refractivity contribution in [1.29, 1.82) is 0 Å². The third kappa shape index (κ3) is 3.79. The Kier molecular flexibility index (Phi) is 4.76. The average Bonchev–Trinajstić information content (AvgIpc) is 3.04.